The van der Waals surface area contributed by atoms with Crippen LogP contribution in [0.3, 0.4) is 0 Å². The van der Waals surface area contributed by atoms with E-state index in [1.165, 1.54) is 12.1 Å². The van der Waals surface area contributed by atoms with Gasteiger partial charge in [0, 0.05) is 12.2 Å². The van der Waals surface area contributed by atoms with E-state index >= 15 is 0 Å². The first-order chi connectivity index (χ1) is 9.52. The average molecular weight is 282 g/mol. The summed E-state index contributed by atoms with van der Waals surface area (Å²) in [7, 11) is 0. The lowest BCUT2D eigenvalue weighted by Crippen LogP contribution is -2.11. The Hall–Kier alpha value is -2.50. The number of rotatable bonds is 6. The predicted molar refractivity (Wildman–Crippen MR) is 67.5 cm³/mol. The van der Waals surface area contributed by atoms with E-state index in [-0.39, 0.29) is 13.2 Å². The Balaban J connectivity index is 2.38. The molecule has 0 aromatic heterocycles. The fraction of sp³-hybridized carbons (Fsp3) is 0.143. The molecular formula is C14H12F2O4. The van der Waals surface area contributed by atoms with Gasteiger partial charge in [0.2, 0.25) is 0 Å². The van der Waals surface area contributed by atoms with E-state index in [1.807, 2.05) is 0 Å². The van der Waals surface area contributed by atoms with Crippen LogP contribution in [0.15, 0.2) is 36.9 Å². The van der Waals surface area contributed by atoms with Gasteiger partial charge in [0.05, 0.1) is 0 Å². The van der Waals surface area contributed by atoms with Crippen LogP contribution >= 0.6 is 0 Å². The van der Waals surface area contributed by atoms with Gasteiger partial charge in [-0.15, -0.1) is 0 Å². The molecule has 6 heteroatoms. The minimum Gasteiger partial charge on any atom is -0.459 e. The molecule has 0 aliphatic heterocycles. The van der Waals surface area contributed by atoms with Crippen LogP contribution < -0.4 is 0 Å². The van der Waals surface area contributed by atoms with Crippen LogP contribution in [-0.4, -0.2) is 25.2 Å². The van der Waals surface area contributed by atoms with Crippen LogP contribution in [-0.2, 0) is 19.1 Å². The third-order valence-corrected chi connectivity index (χ3v) is 2.09. The largest absolute Gasteiger partial charge is 0.459 e. The van der Waals surface area contributed by atoms with Crippen molar-refractivity contribution in [3.05, 3.63) is 54.1 Å². The Morgan fingerprint density at radius 1 is 1.10 bits per heavy atom. The summed E-state index contributed by atoms with van der Waals surface area (Å²) in [5.74, 6) is -3.27. The highest BCUT2D eigenvalue weighted by Gasteiger charge is 2.02. The SMILES string of the molecule is C=CC(=O)OCCOC(=O)/C=C/c1ccc(F)c(F)c1. The monoisotopic (exact) mass is 282 g/mol. The first-order valence-corrected chi connectivity index (χ1v) is 5.62. The summed E-state index contributed by atoms with van der Waals surface area (Å²) in [6, 6.07) is 3.22. The molecule has 0 unspecified atom stereocenters. The van der Waals surface area contributed by atoms with Gasteiger partial charge in [-0.1, -0.05) is 12.6 Å². The first-order valence-electron chi connectivity index (χ1n) is 5.62. The smallest absolute Gasteiger partial charge is 0.330 e. The maximum absolute atomic E-state index is 12.9. The van der Waals surface area contributed by atoms with E-state index in [0.29, 0.717) is 5.56 Å². The van der Waals surface area contributed by atoms with Crippen molar-refractivity contribution in [2.75, 3.05) is 13.2 Å². The highest BCUT2D eigenvalue weighted by Crippen LogP contribution is 2.09. The molecule has 0 radical (unpaired) electrons. The van der Waals surface area contributed by atoms with Crippen molar-refractivity contribution in [1.82, 2.24) is 0 Å². The molecule has 0 bridgehead atoms. The number of carbonyl (C=O) groups is 2. The minimum absolute atomic E-state index is 0.0877. The molecule has 0 saturated carbocycles. The van der Waals surface area contributed by atoms with E-state index in [0.717, 1.165) is 24.3 Å². The predicted octanol–water partition coefficient (Wildman–Crippen LogP) is 2.25. The molecule has 0 heterocycles. The number of ether oxygens (including phenoxy) is 2. The molecule has 0 N–H and O–H groups in total. The first kappa shape index (κ1) is 15.6. The maximum atomic E-state index is 12.9. The minimum atomic E-state index is -1.00. The van der Waals surface area contributed by atoms with Gasteiger partial charge in [-0.25, -0.2) is 18.4 Å². The van der Waals surface area contributed by atoms with Crippen molar-refractivity contribution in [2.45, 2.75) is 0 Å². The van der Waals surface area contributed by atoms with Crippen molar-refractivity contribution in [3.63, 3.8) is 0 Å². The molecule has 106 valence electrons. The van der Waals surface area contributed by atoms with Crippen molar-refractivity contribution in [1.29, 1.82) is 0 Å². The quantitative estimate of drug-likeness (QED) is 0.456. The van der Waals surface area contributed by atoms with Crippen molar-refractivity contribution < 1.29 is 27.8 Å². The van der Waals surface area contributed by atoms with E-state index in [9.17, 15) is 18.4 Å². The number of carbonyl (C=O) groups excluding carboxylic acids is 2. The van der Waals surface area contributed by atoms with Gasteiger partial charge in [0.15, 0.2) is 11.6 Å². The van der Waals surface area contributed by atoms with Crippen LogP contribution in [0.2, 0.25) is 0 Å². The average Bonchev–Trinajstić information content (AvgIpc) is 2.44. The number of halogens is 2. The number of hydrogen-bond acceptors (Lipinski definition) is 4. The van der Waals surface area contributed by atoms with Crippen molar-refractivity contribution >= 4 is 18.0 Å². The van der Waals surface area contributed by atoms with Crippen molar-refractivity contribution in [2.24, 2.45) is 0 Å². The molecular weight excluding hydrogens is 270 g/mol. The van der Waals surface area contributed by atoms with Gasteiger partial charge in [-0.2, -0.15) is 0 Å². The van der Waals surface area contributed by atoms with Gasteiger partial charge >= 0.3 is 11.9 Å². The summed E-state index contributed by atoms with van der Waals surface area (Å²) in [6.07, 6.45) is 3.33. The van der Waals surface area contributed by atoms with Crippen LogP contribution in [0.25, 0.3) is 6.08 Å². The van der Waals surface area contributed by atoms with E-state index in [4.69, 9.17) is 4.74 Å². The fourth-order valence-corrected chi connectivity index (χ4v) is 1.17. The molecule has 20 heavy (non-hydrogen) atoms. The summed E-state index contributed by atoms with van der Waals surface area (Å²) >= 11 is 0. The van der Waals surface area contributed by atoms with Gasteiger partial charge in [-0.3, -0.25) is 0 Å². The molecule has 0 fully saturated rings. The molecule has 0 aliphatic carbocycles. The zero-order chi connectivity index (χ0) is 15.0. The second kappa shape index (κ2) is 7.83. The fourth-order valence-electron chi connectivity index (χ4n) is 1.17. The lowest BCUT2D eigenvalue weighted by atomic mass is 10.2. The second-order valence-corrected chi connectivity index (χ2v) is 3.55. The van der Waals surface area contributed by atoms with Gasteiger partial charge in [-0.05, 0) is 23.8 Å². The molecule has 0 spiro atoms. The molecule has 4 nitrogen and oxygen atoms in total. The Bertz CT molecular complexity index is 538. The molecule has 1 aromatic rings. The molecule has 0 aliphatic rings. The Morgan fingerprint density at radius 3 is 2.35 bits per heavy atom. The highest BCUT2D eigenvalue weighted by atomic mass is 19.2. The Morgan fingerprint density at radius 2 is 1.75 bits per heavy atom. The van der Waals surface area contributed by atoms with Crippen LogP contribution in [0.4, 0.5) is 8.78 Å². The molecule has 1 rings (SSSR count). The molecule has 1 aromatic carbocycles. The topological polar surface area (TPSA) is 52.6 Å². The Labute approximate surface area is 114 Å². The molecule has 0 amide bonds. The summed E-state index contributed by atoms with van der Waals surface area (Å²) in [5, 5.41) is 0. The van der Waals surface area contributed by atoms with E-state index in [1.54, 1.807) is 0 Å². The lowest BCUT2D eigenvalue weighted by molar-refractivity contribution is -0.145. The van der Waals surface area contributed by atoms with E-state index < -0.39 is 23.6 Å². The standard InChI is InChI=1S/C14H12F2O4/c1-2-13(17)19-7-8-20-14(18)6-4-10-3-5-11(15)12(16)9-10/h2-6,9H,1,7-8H2/b6-4+. The van der Waals surface area contributed by atoms with E-state index in [2.05, 4.69) is 11.3 Å². The third-order valence-electron chi connectivity index (χ3n) is 2.09. The van der Waals surface area contributed by atoms with Crippen LogP contribution in [0.1, 0.15) is 5.56 Å². The van der Waals surface area contributed by atoms with Crippen LogP contribution in [0, 0.1) is 11.6 Å². The number of hydrogen-bond donors (Lipinski definition) is 0. The Kier molecular flexibility index (Phi) is 6.09. The summed E-state index contributed by atoms with van der Waals surface area (Å²) in [5.41, 5.74) is 0.318. The van der Waals surface area contributed by atoms with Crippen molar-refractivity contribution in [3.8, 4) is 0 Å². The van der Waals surface area contributed by atoms with Gasteiger partial charge in [0.1, 0.15) is 13.2 Å². The normalized spacial score (nSPS) is 10.3. The number of benzene rings is 1. The molecule has 0 atom stereocenters. The van der Waals surface area contributed by atoms with Gasteiger partial charge < -0.3 is 9.47 Å². The number of esters is 2. The molecule has 0 saturated heterocycles. The summed E-state index contributed by atoms with van der Waals surface area (Å²) < 4.78 is 34.8. The van der Waals surface area contributed by atoms with Gasteiger partial charge in [0.25, 0.3) is 0 Å². The summed E-state index contributed by atoms with van der Waals surface area (Å²) in [6.45, 7) is 3.00. The van der Waals surface area contributed by atoms with Crippen LogP contribution in [0.5, 0.6) is 0 Å². The maximum Gasteiger partial charge on any atom is 0.330 e. The summed E-state index contributed by atoms with van der Waals surface area (Å²) in [4.78, 5) is 21.9. The highest BCUT2D eigenvalue weighted by molar-refractivity contribution is 5.87. The third kappa shape index (κ3) is 5.43. The zero-order valence-corrected chi connectivity index (χ0v) is 10.5. The second-order valence-electron chi connectivity index (χ2n) is 3.55. The lowest BCUT2D eigenvalue weighted by Gasteiger charge is -2.02. The zero-order valence-electron chi connectivity index (χ0n) is 10.5.